The van der Waals surface area contributed by atoms with Gasteiger partial charge in [-0.1, -0.05) is 12.1 Å². The van der Waals surface area contributed by atoms with E-state index in [1.807, 2.05) is 25.4 Å². The fourth-order valence-corrected chi connectivity index (χ4v) is 4.79. The van der Waals surface area contributed by atoms with Gasteiger partial charge in [-0.25, -0.2) is 9.37 Å². The van der Waals surface area contributed by atoms with Gasteiger partial charge < -0.3 is 20.3 Å². The summed E-state index contributed by atoms with van der Waals surface area (Å²) in [6.45, 7) is 2.66. The van der Waals surface area contributed by atoms with Crippen molar-refractivity contribution in [1.29, 1.82) is 0 Å². The molecule has 3 aromatic heterocycles. The van der Waals surface area contributed by atoms with Crippen LogP contribution in [0.5, 0.6) is 5.75 Å². The number of aliphatic hydroxyl groups excluding tert-OH is 2. The van der Waals surface area contributed by atoms with Crippen molar-refractivity contribution < 1.29 is 19.3 Å². The summed E-state index contributed by atoms with van der Waals surface area (Å²) in [4.78, 5) is 4.56. The molecular weight excluding hydrogens is 463 g/mol. The molecule has 1 aliphatic carbocycles. The van der Waals surface area contributed by atoms with E-state index in [4.69, 9.17) is 14.9 Å². The molecule has 9 nitrogen and oxygen atoms in total. The maximum absolute atomic E-state index is 14.0. The zero-order chi connectivity index (χ0) is 25.1. The van der Waals surface area contributed by atoms with Gasteiger partial charge in [0.25, 0.3) is 0 Å². The van der Waals surface area contributed by atoms with Crippen LogP contribution in [-0.2, 0) is 6.54 Å². The van der Waals surface area contributed by atoms with Gasteiger partial charge in [0.15, 0.2) is 11.6 Å². The lowest BCUT2D eigenvalue weighted by atomic mass is 9.93. The Morgan fingerprint density at radius 3 is 2.75 bits per heavy atom. The molecule has 1 aliphatic rings. The highest BCUT2D eigenvalue weighted by Gasteiger charge is 2.27. The molecule has 0 amide bonds. The zero-order valence-electron chi connectivity index (χ0n) is 20.2. The van der Waals surface area contributed by atoms with E-state index >= 15 is 0 Å². The Hall–Kier alpha value is -3.50. The number of aromatic nitrogens is 5. The Kier molecular flexibility index (Phi) is 7.15. The van der Waals surface area contributed by atoms with Crippen LogP contribution in [0.2, 0.25) is 0 Å². The summed E-state index contributed by atoms with van der Waals surface area (Å²) in [5, 5.41) is 32.4. The van der Waals surface area contributed by atoms with Crippen LogP contribution in [0, 0.1) is 5.82 Å². The molecule has 5 rings (SSSR count). The number of halogens is 1. The summed E-state index contributed by atoms with van der Waals surface area (Å²) >= 11 is 0. The van der Waals surface area contributed by atoms with E-state index in [2.05, 4.69) is 20.1 Å². The summed E-state index contributed by atoms with van der Waals surface area (Å²) in [5.41, 5.74) is 2.58. The van der Waals surface area contributed by atoms with Gasteiger partial charge in [0.2, 0.25) is 0 Å². The van der Waals surface area contributed by atoms with Gasteiger partial charge in [0, 0.05) is 36.0 Å². The van der Waals surface area contributed by atoms with Crippen LogP contribution < -0.4 is 10.1 Å². The standard InChI is InChI=1S/C26H31FN6O3/c1-2-28-25-11-23-21(13-29-25)26(17-12-30-32(14-17)15-19(35)16-34)31-33(23)18-7-9-20(10-8-18)36-24-6-4-3-5-22(24)27/h3-6,11-14,18-20,34-35H,2,7-10,15-16H2,1H3,(H,28,29)/t18?,19-,20?/m1/s1. The molecule has 0 spiro atoms. The minimum Gasteiger partial charge on any atom is -0.487 e. The van der Waals surface area contributed by atoms with Crippen LogP contribution in [0.1, 0.15) is 38.6 Å². The van der Waals surface area contributed by atoms with E-state index in [0.717, 1.165) is 60.2 Å². The predicted molar refractivity (Wildman–Crippen MR) is 134 cm³/mol. The lowest BCUT2D eigenvalue weighted by Gasteiger charge is -2.29. The Labute approximate surface area is 208 Å². The molecule has 1 aromatic carbocycles. The van der Waals surface area contributed by atoms with Crippen molar-refractivity contribution in [2.75, 3.05) is 18.5 Å². The SMILES string of the molecule is CCNc1cc2c(cn1)c(-c1cnn(C[C@@H](O)CO)c1)nn2C1CCC(Oc2ccccc2F)CC1. The molecule has 1 saturated carbocycles. The molecule has 4 aromatic rings. The summed E-state index contributed by atoms with van der Waals surface area (Å²) in [6.07, 6.45) is 7.78. The first-order valence-corrected chi connectivity index (χ1v) is 12.4. The van der Waals surface area contributed by atoms with Gasteiger partial charge in [-0.15, -0.1) is 0 Å². The van der Waals surface area contributed by atoms with E-state index in [1.165, 1.54) is 6.07 Å². The molecule has 0 bridgehead atoms. The number of nitrogens with one attached hydrogen (secondary N) is 1. The number of hydrogen-bond acceptors (Lipinski definition) is 7. The van der Waals surface area contributed by atoms with E-state index in [1.54, 1.807) is 29.1 Å². The quantitative estimate of drug-likeness (QED) is 0.325. The molecule has 1 fully saturated rings. The highest BCUT2D eigenvalue weighted by Crippen LogP contribution is 2.36. The molecule has 0 saturated heterocycles. The van der Waals surface area contributed by atoms with Gasteiger partial charge >= 0.3 is 0 Å². The van der Waals surface area contributed by atoms with Crippen molar-refractivity contribution in [3.63, 3.8) is 0 Å². The molecule has 3 N–H and O–H groups in total. The topological polar surface area (TPSA) is 110 Å². The van der Waals surface area contributed by atoms with Crippen molar-refractivity contribution in [2.24, 2.45) is 0 Å². The lowest BCUT2D eigenvalue weighted by Crippen LogP contribution is -2.26. The monoisotopic (exact) mass is 494 g/mol. The molecule has 10 heteroatoms. The lowest BCUT2D eigenvalue weighted by molar-refractivity contribution is 0.0783. The summed E-state index contributed by atoms with van der Waals surface area (Å²) in [6, 6.07) is 8.73. The maximum Gasteiger partial charge on any atom is 0.165 e. The molecule has 36 heavy (non-hydrogen) atoms. The highest BCUT2D eigenvalue weighted by atomic mass is 19.1. The van der Waals surface area contributed by atoms with Crippen LogP contribution in [0.3, 0.4) is 0 Å². The Balaban J connectivity index is 1.41. The number of benzene rings is 1. The van der Waals surface area contributed by atoms with E-state index in [-0.39, 0.29) is 31.1 Å². The van der Waals surface area contributed by atoms with Crippen molar-refractivity contribution >= 4 is 16.7 Å². The van der Waals surface area contributed by atoms with Gasteiger partial charge in [-0.3, -0.25) is 9.36 Å². The van der Waals surface area contributed by atoms with Gasteiger partial charge in [-0.05, 0) is 44.7 Å². The molecular formula is C26H31FN6O3. The Bertz CT molecular complexity index is 1310. The second-order valence-corrected chi connectivity index (χ2v) is 9.18. The molecule has 3 heterocycles. The van der Waals surface area contributed by atoms with E-state index in [9.17, 15) is 9.50 Å². The van der Waals surface area contributed by atoms with Crippen LogP contribution >= 0.6 is 0 Å². The summed E-state index contributed by atoms with van der Waals surface area (Å²) in [7, 11) is 0. The second-order valence-electron chi connectivity index (χ2n) is 9.18. The minimum absolute atomic E-state index is 0.0328. The Morgan fingerprint density at radius 2 is 2.00 bits per heavy atom. The first-order chi connectivity index (χ1) is 17.6. The molecule has 0 aliphatic heterocycles. The smallest absolute Gasteiger partial charge is 0.165 e. The zero-order valence-corrected chi connectivity index (χ0v) is 20.2. The number of nitrogens with zero attached hydrogens (tertiary/aromatic N) is 5. The fourth-order valence-electron chi connectivity index (χ4n) is 4.79. The number of aliphatic hydroxyl groups is 2. The van der Waals surface area contributed by atoms with Crippen LogP contribution in [0.15, 0.2) is 48.9 Å². The average molecular weight is 495 g/mol. The number of fused-ring (bicyclic) bond motifs is 1. The van der Waals surface area contributed by atoms with E-state index in [0.29, 0.717) is 5.75 Å². The van der Waals surface area contributed by atoms with Gasteiger partial charge in [0.1, 0.15) is 11.5 Å². The first-order valence-electron chi connectivity index (χ1n) is 12.4. The second kappa shape index (κ2) is 10.6. The normalized spacial score (nSPS) is 18.9. The fraction of sp³-hybridized carbons (Fsp3) is 0.423. The molecule has 0 radical (unpaired) electrons. The highest BCUT2D eigenvalue weighted by molar-refractivity contribution is 5.93. The molecule has 1 atom stereocenters. The first kappa shape index (κ1) is 24.2. The van der Waals surface area contributed by atoms with Crippen LogP contribution in [0.4, 0.5) is 10.2 Å². The van der Waals surface area contributed by atoms with E-state index < -0.39 is 6.10 Å². The van der Waals surface area contributed by atoms with Gasteiger partial charge in [-0.2, -0.15) is 10.2 Å². The number of rotatable bonds is 9. The van der Waals surface area contributed by atoms with Crippen molar-refractivity contribution in [2.45, 2.75) is 57.4 Å². The van der Waals surface area contributed by atoms with Crippen LogP contribution in [0.25, 0.3) is 22.2 Å². The van der Waals surface area contributed by atoms with Crippen molar-refractivity contribution in [3.8, 4) is 17.0 Å². The summed E-state index contributed by atoms with van der Waals surface area (Å²) < 4.78 is 23.7. The van der Waals surface area contributed by atoms with Crippen LogP contribution in [-0.4, -0.2) is 60.1 Å². The largest absolute Gasteiger partial charge is 0.487 e. The molecule has 190 valence electrons. The maximum atomic E-state index is 14.0. The third kappa shape index (κ3) is 5.05. The number of pyridine rings is 1. The number of ether oxygens (including phenoxy) is 1. The van der Waals surface area contributed by atoms with Gasteiger partial charge in [0.05, 0.1) is 43.1 Å². The van der Waals surface area contributed by atoms with Crippen molar-refractivity contribution in [3.05, 3.63) is 54.7 Å². The number of anilines is 1. The predicted octanol–water partition coefficient (Wildman–Crippen LogP) is 3.78. The third-order valence-corrected chi connectivity index (χ3v) is 6.58. The minimum atomic E-state index is -0.877. The number of hydrogen-bond donors (Lipinski definition) is 3. The third-order valence-electron chi connectivity index (χ3n) is 6.58. The number of para-hydroxylation sites is 1. The average Bonchev–Trinajstić information content (AvgIpc) is 3.50. The molecule has 0 unspecified atom stereocenters. The van der Waals surface area contributed by atoms with Crippen molar-refractivity contribution in [1.82, 2.24) is 24.5 Å². The summed E-state index contributed by atoms with van der Waals surface area (Å²) in [5.74, 6) is 0.756. The Morgan fingerprint density at radius 1 is 1.19 bits per heavy atom.